The maximum absolute atomic E-state index is 13.6. The number of ether oxygens (including phenoxy) is 2. The average Bonchev–Trinajstić information content (AvgIpc) is 3.38. The van der Waals surface area contributed by atoms with E-state index in [0.717, 1.165) is 50.0 Å². The summed E-state index contributed by atoms with van der Waals surface area (Å²) in [5, 5.41) is 11.7. The first kappa shape index (κ1) is 28.6. The molecule has 5 rings (SSSR count). The molecule has 0 aliphatic carbocycles. The summed E-state index contributed by atoms with van der Waals surface area (Å²) in [7, 11) is 0. The molecule has 2 amide bonds. The SMILES string of the molecule is CCOc1ccccc1-n1nnc(C(=O)N2CCC3(CCCCCc4ccccc4OCCCNC3=O)CC2)c1C. The van der Waals surface area contributed by atoms with Crippen LogP contribution in [0.2, 0.25) is 0 Å². The summed E-state index contributed by atoms with van der Waals surface area (Å²) in [6.45, 7) is 6.51. The van der Waals surface area contributed by atoms with Gasteiger partial charge in [0.05, 0.1) is 24.3 Å². The molecule has 0 unspecified atom stereocenters. The number of aromatic nitrogens is 3. The number of amides is 2. The molecule has 0 atom stereocenters. The van der Waals surface area contributed by atoms with Crippen molar-refractivity contribution in [2.24, 2.45) is 5.41 Å². The molecule has 218 valence electrons. The Bertz CT molecular complexity index is 1350. The third-order valence-corrected chi connectivity index (χ3v) is 8.42. The van der Waals surface area contributed by atoms with Gasteiger partial charge in [-0.3, -0.25) is 9.59 Å². The fraction of sp³-hybridized carbons (Fsp3) is 0.500. The largest absolute Gasteiger partial charge is 0.493 e. The van der Waals surface area contributed by atoms with E-state index in [4.69, 9.17) is 9.47 Å². The first-order valence-electron chi connectivity index (χ1n) is 15.0. The van der Waals surface area contributed by atoms with Crippen molar-refractivity contribution in [1.82, 2.24) is 25.2 Å². The second kappa shape index (κ2) is 13.2. The minimum Gasteiger partial charge on any atom is -0.493 e. The highest BCUT2D eigenvalue weighted by Gasteiger charge is 2.42. The summed E-state index contributed by atoms with van der Waals surface area (Å²) in [4.78, 5) is 28.9. The van der Waals surface area contributed by atoms with E-state index in [1.165, 1.54) is 5.56 Å². The van der Waals surface area contributed by atoms with Crippen molar-refractivity contribution < 1.29 is 19.1 Å². The van der Waals surface area contributed by atoms with Gasteiger partial charge in [0, 0.05) is 19.6 Å². The summed E-state index contributed by atoms with van der Waals surface area (Å²) in [6.07, 6.45) is 6.95. The Labute approximate surface area is 242 Å². The Balaban J connectivity index is 1.24. The molecule has 9 heteroatoms. The van der Waals surface area contributed by atoms with E-state index in [2.05, 4.69) is 27.8 Å². The lowest BCUT2D eigenvalue weighted by molar-refractivity contribution is -0.134. The molecule has 0 bridgehead atoms. The van der Waals surface area contributed by atoms with Crippen molar-refractivity contribution in [2.45, 2.75) is 65.2 Å². The van der Waals surface area contributed by atoms with Crippen LogP contribution in [-0.2, 0) is 11.2 Å². The number of para-hydroxylation sites is 3. The van der Waals surface area contributed by atoms with Crippen molar-refractivity contribution in [1.29, 1.82) is 0 Å². The number of piperidine rings is 1. The van der Waals surface area contributed by atoms with Crippen LogP contribution in [0, 0.1) is 12.3 Å². The third kappa shape index (κ3) is 6.39. The Hall–Kier alpha value is -3.88. The van der Waals surface area contributed by atoms with E-state index < -0.39 is 5.41 Å². The van der Waals surface area contributed by atoms with Gasteiger partial charge in [0.25, 0.3) is 5.91 Å². The molecular formula is C32H41N5O4. The van der Waals surface area contributed by atoms with Crippen LogP contribution in [0.3, 0.4) is 0 Å². The number of likely N-dealkylation sites (tertiary alicyclic amines) is 1. The Morgan fingerprint density at radius 1 is 1.02 bits per heavy atom. The maximum atomic E-state index is 13.6. The Kier molecular flexibility index (Phi) is 9.21. The van der Waals surface area contributed by atoms with Crippen LogP contribution >= 0.6 is 0 Å². The fourth-order valence-electron chi connectivity index (χ4n) is 5.99. The van der Waals surface area contributed by atoms with Crippen LogP contribution < -0.4 is 14.8 Å². The summed E-state index contributed by atoms with van der Waals surface area (Å²) in [6, 6.07) is 15.9. The van der Waals surface area contributed by atoms with Gasteiger partial charge in [-0.05, 0) is 76.1 Å². The van der Waals surface area contributed by atoms with E-state index in [-0.39, 0.29) is 11.8 Å². The number of fused-ring (bicyclic) bond motifs is 1. The molecule has 2 aliphatic rings. The molecule has 1 spiro atoms. The lowest BCUT2D eigenvalue weighted by atomic mass is 9.73. The predicted molar refractivity (Wildman–Crippen MR) is 157 cm³/mol. The second-order valence-electron chi connectivity index (χ2n) is 11.0. The van der Waals surface area contributed by atoms with Gasteiger partial charge in [0.1, 0.15) is 17.2 Å². The van der Waals surface area contributed by atoms with E-state index in [9.17, 15) is 9.59 Å². The zero-order valence-electron chi connectivity index (χ0n) is 24.2. The molecule has 1 fully saturated rings. The average molecular weight is 560 g/mol. The highest BCUT2D eigenvalue weighted by Crippen LogP contribution is 2.38. The molecule has 3 heterocycles. The number of nitrogens with zero attached hydrogens (tertiary/aromatic N) is 4. The molecular weight excluding hydrogens is 518 g/mol. The van der Waals surface area contributed by atoms with Crippen LogP contribution in [0.5, 0.6) is 11.5 Å². The lowest BCUT2D eigenvalue weighted by Crippen LogP contribution is -2.50. The van der Waals surface area contributed by atoms with E-state index >= 15 is 0 Å². The van der Waals surface area contributed by atoms with E-state index in [1.54, 1.807) is 4.68 Å². The van der Waals surface area contributed by atoms with Gasteiger partial charge in [-0.1, -0.05) is 48.4 Å². The van der Waals surface area contributed by atoms with Crippen molar-refractivity contribution in [3.05, 3.63) is 65.5 Å². The van der Waals surface area contributed by atoms with E-state index in [1.807, 2.05) is 55.1 Å². The second-order valence-corrected chi connectivity index (χ2v) is 11.0. The molecule has 41 heavy (non-hydrogen) atoms. The van der Waals surface area contributed by atoms with Gasteiger partial charge in [-0.15, -0.1) is 5.10 Å². The minimum absolute atomic E-state index is 0.108. The molecule has 0 saturated carbocycles. The number of benzene rings is 2. The Morgan fingerprint density at radius 2 is 1.80 bits per heavy atom. The summed E-state index contributed by atoms with van der Waals surface area (Å²) in [5.41, 5.74) is 2.55. The lowest BCUT2D eigenvalue weighted by Gasteiger charge is -2.40. The highest BCUT2D eigenvalue weighted by atomic mass is 16.5. The number of rotatable bonds is 4. The van der Waals surface area contributed by atoms with E-state index in [0.29, 0.717) is 62.8 Å². The van der Waals surface area contributed by atoms with Crippen LogP contribution in [0.15, 0.2) is 48.5 Å². The van der Waals surface area contributed by atoms with Crippen LogP contribution in [0.25, 0.3) is 5.69 Å². The minimum atomic E-state index is -0.456. The van der Waals surface area contributed by atoms with Gasteiger partial charge < -0.3 is 19.7 Å². The van der Waals surface area contributed by atoms with Crippen LogP contribution in [0.1, 0.15) is 73.6 Å². The molecule has 2 aromatic carbocycles. The van der Waals surface area contributed by atoms with Crippen molar-refractivity contribution in [3.63, 3.8) is 0 Å². The number of hydrogen-bond acceptors (Lipinski definition) is 6. The molecule has 1 saturated heterocycles. The molecule has 1 N–H and O–H groups in total. The number of nitrogens with one attached hydrogen (secondary N) is 1. The normalized spacial score (nSPS) is 18.1. The monoisotopic (exact) mass is 559 g/mol. The van der Waals surface area contributed by atoms with Crippen molar-refractivity contribution in [3.8, 4) is 17.2 Å². The summed E-state index contributed by atoms with van der Waals surface area (Å²) >= 11 is 0. The van der Waals surface area contributed by atoms with Gasteiger partial charge in [-0.25, -0.2) is 4.68 Å². The number of carbonyl (C=O) groups excluding carboxylic acids is 2. The molecule has 3 aromatic rings. The van der Waals surface area contributed by atoms with Crippen molar-refractivity contribution >= 4 is 11.8 Å². The third-order valence-electron chi connectivity index (χ3n) is 8.42. The standard InChI is InChI=1S/C32H41N5O4/c1-3-40-28-16-9-7-14-26(28)37-24(2)29(34-35-37)30(38)36-21-18-32(19-22-36)17-10-4-5-12-25-13-6-8-15-27(25)41-23-11-20-33-31(32)39/h6-9,13-16H,3-5,10-12,17-23H2,1-2H3,(H,33,39). The summed E-state index contributed by atoms with van der Waals surface area (Å²) in [5.74, 6) is 1.61. The topological polar surface area (TPSA) is 98.6 Å². The van der Waals surface area contributed by atoms with Crippen LogP contribution in [-0.4, -0.2) is 64.6 Å². The van der Waals surface area contributed by atoms with Crippen LogP contribution in [0.4, 0.5) is 0 Å². The zero-order chi connectivity index (χ0) is 28.7. The van der Waals surface area contributed by atoms with Crippen molar-refractivity contribution in [2.75, 3.05) is 32.8 Å². The molecule has 2 aliphatic heterocycles. The molecule has 9 nitrogen and oxygen atoms in total. The molecule has 1 aromatic heterocycles. The van der Waals surface area contributed by atoms with Gasteiger partial charge in [-0.2, -0.15) is 0 Å². The maximum Gasteiger partial charge on any atom is 0.276 e. The zero-order valence-corrected chi connectivity index (χ0v) is 24.2. The number of aryl methyl sites for hydroxylation is 1. The predicted octanol–water partition coefficient (Wildman–Crippen LogP) is 4.90. The van der Waals surface area contributed by atoms with Gasteiger partial charge in [0.15, 0.2) is 5.69 Å². The number of hydrogen-bond donors (Lipinski definition) is 1. The first-order chi connectivity index (χ1) is 20.0. The quantitative estimate of drug-likeness (QED) is 0.488. The molecule has 0 radical (unpaired) electrons. The Morgan fingerprint density at radius 3 is 2.63 bits per heavy atom. The first-order valence-corrected chi connectivity index (χ1v) is 15.0. The number of carbonyl (C=O) groups is 2. The summed E-state index contributed by atoms with van der Waals surface area (Å²) < 4.78 is 13.5. The van der Waals surface area contributed by atoms with Gasteiger partial charge >= 0.3 is 0 Å². The smallest absolute Gasteiger partial charge is 0.276 e. The fourth-order valence-corrected chi connectivity index (χ4v) is 5.99. The highest BCUT2D eigenvalue weighted by molar-refractivity contribution is 5.93. The van der Waals surface area contributed by atoms with Gasteiger partial charge in [0.2, 0.25) is 5.91 Å².